The van der Waals surface area contributed by atoms with Gasteiger partial charge < -0.3 is 14.8 Å². The lowest BCUT2D eigenvalue weighted by molar-refractivity contribution is 0.174. The van der Waals surface area contributed by atoms with Crippen LogP contribution in [0.4, 0.5) is 0 Å². The van der Waals surface area contributed by atoms with Crippen molar-refractivity contribution in [2.75, 3.05) is 13.3 Å². The Kier molecular flexibility index (Phi) is 3.33. The summed E-state index contributed by atoms with van der Waals surface area (Å²) in [6.45, 7) is 3.25. The van der Waals surface area contributed by atoms with E-state index < -0.39 is 0 Å². The predicted octanol–water partition coefficient (Wildman–Crippen LogP) is 2.09. The Bertz CT molecular complexity index is 409. The molecule has 0 aliphatic carbocycles. The molecule has 3 nitrogen and oxygen atoms in total. The van der Waals surface area contributed by atoms with E-state index in [0.29, 0.717) is 6.79 Å². The van der Waals surface area contributed by atoms with Gasteiger partial charge in [-0.3, -0.25) is 0 Å². The van der Waals surface area contributed by atoms with Gasteiger partial charge in [0.2, 0.25) is 6.79 Å². The molecule has 0 radical (unpaired) electrons. The van der Waals surface area contributed by atoms with Gasteiger partial charge in [-0.25, -0.2) is 0 Å². The van der Waals surface area contributed by atoms with Crippen molar-refractivity contribution < 1.29 is 9.47 Å². The fourth-order valence-electron chi connectivity index (χ4n) is 1.66. The third-order valence-corrected chi connectivity index (χ3v) is 2.62. The first-order valence-corrected chi connectivity index (χ1v) is 5.37. The molecule has 2 rings (SSSR count). The van der Waals surface area contributed by atoms with Crippen LogP contribution in [0.25, 0.3) is 0 Å². The van der Waals surface area contributed by atoms with E-state index >= 15 is 0 Å². The molecule has 1 heterocycles. The summed E-state index contributed by atoms with van der Waals surface area (Å²) in [6.07, 6.45) is 5.95. The highest BCUT2D eigenvalue weighted by molar-refractivity contribution is 5.45. The van der Waals surface area contributed by atoms with Gasteiger partial charge >= 0.3 is 0 Å². The summed E-state index contributed by atoms with van der Waals surface area (Å²) in [7, 11) is 0. The molecular formula is C13H15NO2. The summed E-state index contributed by atoms with van der Waals surface area (Å²) in [5.41, 5.74) is 1.18. The Morgan fingerprint density at radius 2 is 2.25 bits per heavy atom. The number of hydrogen-bond donors (Lipinski definition) is 1. The fraction of sp³-hybridized carbons (Fsp3) is 0.385. The van der Waals surface area contributed by atoms with Gasteiger partial charge in [0.05, 0.1) is 0 Å². The monoisotopic (exact) mass is 217 g/mol. The molecule has 1 aromatic rings. The van der Waals surface area contributed by atoms with Crippen molar-refractivity contribution in [1.29, 1.82) is 0 Å². The van der Waals surface area contributed by atoms with Gasteiger partial charge in [-0.1, -0.05) is 6.07 Å². The molecule has 84 valence electrons. The number of rotatable bonds is 4. The summed E-state index contributed by atoms with van der Waals surface area (Å²) < 4.78 is 10.6. The first kappa shape index (κ1) is 10.8. The highest BCUT2D eigenvalue weighted by atomic mass is 16.7. The molecule has 16 heavy (non-hydrogen) atoms. The average molecular weight is 217 g/mol. The summed E-state index contributed by atoms with van der Waals surface area (Å²) in [6, 6.07) is 6.26. The smallest absolute Gasteiger partial charge is 0.231 e. The summed E-state index contributed by atoms with van der Waals surface area (Å²) in [5, 5.41) is 3.35. The number of fused-ring (bicyclic) bond motifs is 1. The first-order chi connectivity index (χ1) is 7.81. The SMILES string of the molecule is C#CCCNC(C)c1ccc2c(c1)OCO2. The predicted molar refractivity (Wildman–Crippen MR) is 62.4 cm³/mol. The first-order valence-electron chi connectivity index (χ1n) is 5.37. The minimum Gasteiger partial charge on any atom is -0.454 e. The highest BCUT2D eigenvalue weighted by Gasteiger charge is 2.15. The van der Waals surface area contributed by atoms with Crippen LogP contribution in [0.5, 0.6) is 11.5 Å². The Morgan fingerprint density at radius 1 is 1.44 bits per heavy atom. The second-order valence-electron chi connectivity index (χ2n) is 3.74. The average Bonchev–Trinajstić information content (AvgIpc) is 2.76. The third kappa shape index (κ3) is 2.29. The van der Waals surface area contributed by atoms with Gasteiger partial charge in [-0.2, -0.15) is 0 Å². The Labute approximate surface area is 95.8 Å². The van der Waals surface area contributed by atoms with Crippen LogP contribution in [0.1, 0.15) is 24.9 Å². The van der Waals surface area contributed by atoms with Crippen LogP contribution in [0, 0.1) is 12.3 Å². The minimum atomic E-state index is 0.267. The maximum Gasteiger partial charge on any atom is 0.231 e. The molecule has 1 N–H and O–H groups in total. The molecule has 1 aliphatic heterocycles. The molecule has 1 atom stereocenters. The van der Waals surface area contributed by atoms with Crippen molar-refractivity contribution in [2.45, 2.75) is 19.4 Å². The lowest BCUT2D eigenvalue weighted by Crippen LogP contribution is -2.19. The maximum atomic E-state index is 5.33. The highest BCUT2D eigenvalue weighted by Crippen LogP contribution is 2.33. The molecule has 1 aromatic carbocycles. The van der Waals surface area contributed by atoms with Crippen molar-refractivity contribution in [3.63, 3.8) is 0 Å². The van der Waals surface area contributed by atoms with Crippen molar-refractivity contribution in [3.05, 3.63) is 23.8 Å². The molecule has 0 fully saturated rings. The van der Waals surface area contributed by atoms with E-state index in [0.717, 1.165) is 24.5 Å². The zero-order valence-corrected chi connectivity index (χ0v) is 9.32. The second kappa shape index (κ2) is 4.91. The fourth-order valence-corrected chi connectivity index (χ4v) is 1.66. The molecule has 0 aromatic heterocycles. The minimum absolute atomic E-state index is 0.267. The molecule has 0 saturated heterocycles. The summed E-state index contributed by atoms with van der Waals surface area (Å²) in [4.78, 5) is 0. The van der Waals surface area contributed by atoms with Crippen LogP contribution in [-0.4, -0.2) is 13.3 Å². The Hall–Kier alpha value is -1.66. The van der Waals surface area contributed by atoms with E-state index in [1.807, 2.05) is 18.2 Å². The van der Waals surface area contributed by atoms with Gasteiger partial charge in [0.1, 0.15) is 0 Å². The van der Waals surface area contributed by atoms with E-state index in [9.17, 15) is 0 Å². The standard InChI is InChI=1S/C13H15NO2/c1-3-4-7-14-10(2)11-5-6-12-13(8-11)16-9-15-12/h1,5-6,8,10,14H,4,7,9H2,2H3. The van der Waals surface area contributed by atoms with Gasteiger partial charge in [-0.05, 0) is 24.6 Å². The van der Waals surface area contributed by atoms with Crippen LogP contribution < -0.4 is 14.8 Å². The molecule has 1 unspecified atom stereocenters. The number of nitrogens with one attached hydrogen (secondary N) is 1. The van der Waals surface area contributed by atoms with E-state index in [4.69, 9.17) is 15.9 Å². The number of terminal acetylenes is 1. The van der Waals surface area contributed by atoms with E-state index in [1.54, 1.807) is 0 Å². The maximum absolute atomic E-state index is 5.33. The molecule has 1 aliphatic rings. The van der Waals surface area contributed by atoms with E-state index in [1.165, 1.54) is 5.56 Å². The van der Waals surface area contributed by atoms with Gasteiger partial charge in [0, 0.05) is 19.0 Å². The lowest BCUT2D eigenvalue weighted by atomic mass is 10.1. The van der Waals surface area contributed by atoms with Crippen LogP contribution >= 0.6 is 0 Å². The molecule has 0 bridgehead atoms. The van der Waals surface area contributed by atoms with Crippen LogP contribution in [0.3, 0.4) is 0 Å². The molecule has 0 spiro atoms. The number of hydrogen-bond acceptors (Lipinski definition) is 3. The van der Waals surface area contributed by atoms with Gasteiger partial charge in [0.15, 0.2) is 11.5 Å². The number of benzene rings is 1. The third-order valence-electron chi connectivity index (χ3n) is 2.62. The van der Waals surface area contributed by atoms with Crippen LogP contribution in [0.15, 0.2) is 18.2 Å². The molecule has 3 heteroatoms. The largest absolute Gasteiger partial charge is 0.454 e. The van der Waals surface area contributed by atoms with Gasteiger partial charge in [0.25, 0.3) is 0 Å². The van der Waals surface area contributed by atoms with Gasteiger partial charge in [-0.15, -0.1) is 12.3 Å². The van der Waals surface area contributed by atoms with Crippen molar-refractivity contribution >= 4 is 0 Å². The number of ether oxygens (including phenoxy) is 2. The summed E-state index contributed by atoms with van der Waals surface area (Å²) in [5.74, 6) is 4.25. The molecular weight excluding hydrogens is 202 g/mol. The Morgan fingerprint density at radius 3 is 3.06 bits per heavy atom. The molecule has 0 saturated carbocycles. The van der Waals surface area contributed by atoms with Crippen molar-refractivity contribution in [1.82, 2.24) is 5.32 Å². The zero-order valence-electron chi connectivity index (χ0n) is 9.32. The van der Waals surface area contributed by atoms with Crippen LogP contribution in [0.2, 0.25) is 0 Å². The zero-order chi connectivity index (χ0) is 11.4. The lowest BCUT2D eigenvalue weighted by Gasteiger charge is -2.13. The van der Waals surface area contributed by atoms with E-state index in [2.05, 4.69) is 18.2 Å². The van der Waals surface area contributed by atoms with E-state index in [-0.39, 0.29) is 6.04 Å². The van der Waals surface area contributed by atoms with Crippen molar-refractivity contribution in [2.24, 2.45) is 0 Å². The van der Waals surface area contributed by atoms with Crippen molar-refractivity contribution in [3.8, 4) is 23.8 Å². The topological polar surface area (TPSA) is 30.5 Å². The van der Waals surface area contributed by atoms with Crippen LogP contribution in [-0.2, 0) is 0 Å². The summed E-state index contributed by atoms with van der Waals surface area (Å²) >= 11 is 0. The second-order valence-corrected chi connectivity index (χ2v) is 3.74. The quantitative estimate of drug-likeness (QED) is 0.618. The normalized spacial score (nSPS) is 14.5. The molecule has 0 amide bonds. The Balaban J connectivity index is 2.01.